The van der Waals surface area contributed by atoms with E-state index < -0.39 is 21.9 Å². The summed E-state index contributed by atoms with van der Waals surface area (Å²) in [7, 11) is -2.27. The first kappa shape index (κ1) is 24.8. The molecule has 2 aliphatic rings. The van der Waals surface area contributed by atoms with Crippen LogP contribution in [0.5, 0.6) is 0 Å². The fourth-order valence-electron chi connectivity index (χ4n) is 4.65. The molecule has 1 aromatic heterocycles. The van der Waals surface area contributed by atoms with E-state index in [0.29, 0.717) is 22.7 Å². The van der Waals surface area contributed by atoms with Crippen LogP contribution in [-0.4, -0.2) is 62.3 Å². The number of likely N-dealkylation sites (N-methyl/N-ethyl adjacent to an activating group) is 1. The Kier molecular flexibility index (Phi) is 7.42. The Morgan fingerprint density at radius 3 is 2.56 bits per heavy atom. The van der Waals surface area contributed by atoms with Crippen LogP contribution in [0.3, 0.4) is 0 Å². The van der Waals surface area contributed by atoms with Crippen molar-refractivity contribution in [3.63, 3.8) is 0 Å². The molecule has 2 aromatic rings. The van der Waals surface area contributed by atoms with E-state index in [-0.39, 0.29) is 10.9 Å². The lowest BCUT2D eigenvalue weighted by molar-refractivity contribution is 0.0600. The third kappa shape index (κ3) is 4.77. The van der Waals surface area contributed by atoms with Crippen molar-refractivity contribution in [2.75, 3.05) is 32.1 Å². The van der Waals surface area contributed by atoms with Gasteiger partial charge in [-0.1, -0.05) is 13.3 Å². The second-order valence-electron chi connectivity index (χ2n) is 8.76. The molecular weight excluding hydrogens is 474 g/mol. The van der Waals surface area contributed by atoms with Crippen molar-refractivity contribution < 1.29 is 22.7 Å². The van der Waals surface area contributed by atoms with Crippen LogP contribution in [0.4, 0.5) is 5.00 Å². The highest BCUT2D eigenvalue weighted by molar-refractivity contribution is 7.89. The number of esters is 1. The van der Waals surface area contributed by atoms with Gasteiger partial charge in [0.15, 0.2) is 0 Å². The minimum atomic E-state index is -3.61. The number of amides is 1. The Balaban J connectivity index is 1.55. The molecule has 0 spiro atoms. The summed E-state index contributed by atoms with van der Waals surface area (Å²) in [6.45, 7) is 7.04. The Hall–Kier alpha value is -2.27. The summed E-state index contributed by atoms with van der Waals surface area (Å²) >= 11 is 1.40. The van der Waals surface area contributed by atoms with E-state index in [1.54, 1.807) is 4.31 Å². The Morgan fingerprint density at radius 2 is 1.91 bits per heavy atom. The van der Waals surface area contributed by atoms with Crippen molar-refractivity contribution in [3.8, 4) is 0 Å². The highest BCUT2D eigenvalue weighted by Crippen LogP contribution is 2.38. The maximum atomic E-state index is 13.1. The largest absolute Gasteiger partial charge is 0.465 e. The molecular formula is C24H31N3O5S2. The molecule has 1 amide bonds. The van der Waals surface area contributed by atoms with Gasteiger partial charge in [0.25, 0.3) is 5.91 Å². The van der Waals surface area contributed by atoms with Crippen LogP contribution in [0.25, 0.3) is 0 Å². The van der Waals surface area contributed by atoms with Crippen LogP contribution in [0.15, 0.2) is 29.2 Å². The Labute approximate surface area is 204 Å². The van der Waals surface area contributed by atoms with Gasteiger partial charge >= 0.3 is 5.97 Å². The maximum absolute atomic E-state index is 13.1. The number of rotatable bonds is 6. The van der Waals surface area contributed by atoms with Gasteiger partial charge in [0.05, 0.1) is 17.6 Å². The molecule has 0 aliphatic carbocycles. The molecule has 1 unspecified atom stereocenters. The zero-order valence-electron chi connectivity index (χ0n) is 19.8. The van der Waals surface area contributed by atoms with Crippen LogP contribution < -0.4 is 5.32 Å². The monoisotopic (exact) mass is 505 g/mol. The molecule has 1 atom stereocenters. The molecule has 1 aromatic carbocycles. The molecule has 34 heavy (non-hydrogen) atoms. The Bertz CT molecular complexity index is 1170. The first-order chi connectivity index (χ1) is 16.3. The number of carbonyl (C=O) groups excluding carboxylic acids is 2. The number of methoxy groups -OCH3 is 1. The number of anilines is 1. The molecule has 0 radical (unpaired) electrons. The number of nitrogens with zero attached hydrogens (tertiary/aromatic N) is 2. The smallest absolute Gasteiger partial charge is 0.341 e. The van der Waals surface area contributed by atoms with E-state index in [2.05, 4.69) is 17.1 Å². The predicted octanol–water partition coefficient (Wildman–Crippen LogP) is 3.73. The average Bonchev–Trinajstić information content (AvgIpc) is 3.20. The minimum absolute atomic E-state index is 0.0352. The van der Waals surface area contributed by atoms with Crippen molar-refractivity contribution >= 4 is 38.2 Å². The lowest BCUT2D eigenvalue weighted by Gasteiger charge is -2.32. The topological polar surface area (TPSA) is 96.0 Å². The van der Waals surface area contributed by atoms with Crippen LogP contribution >= 0.6 is 11.3 Å². The zero-order chi connectivity index (χ0) is 24.5. The molecule has 2 aliphatic heterocycles. The van der Waals surface area contributed by atoms with Crippen LogP contribution in [-0.2, 0) is 27.7 Å². The Morgan fingerprint density at radius 1 is 1.18 bits per heavy atom. The third-order valence-corrected chi connectivity index (χ3v) is 9.82. The standard InChI is InChI=1S/C24H31N3O5S2/c1-4-26-14-12-19-20(15-26)33-23(21(19)24(29)32-3)25-22(28)17-8-10-18(11-9-17)34(30,31)27-13-6-5-7-16(27)2/h8-11,16H,4-7,12-15H2,1-3H3,(H,25,28). The van der Waals surface area contributed by atoms with Crippen molar-refractivity contribution in [1.29, 1.82) is 0 Å². The molecule has 1 fully saturated rings. The fourth-order valence-corrected chi connectivity index (χ4v) is 7.62. The number of fused-ring (bicyclic) bond motifs is 1. The number of nitrogens with one attached hydrogen (secondary N) is 1. The summed E-state index contributed by atoms with van der Waals surface area (Å²) in [6, 6.07) is 5.95. The molecule has 0 saturated carbocycles. The molecule has 3 heterocycles. The van der Waals surface area contributed by atoms with Crippen molar-refractivity contribution in [1.82, 2.24) is 9.21 Å². The fraction of sp³-hybridized carbons (Fsp3) is 0.500. The maximum Gasteiger partial charge on any atom is 0.341 e. The SMILES string of the molecule is CCN1CCc2c(sc(NC(=O)c3ccc(S(=O)(=O)N4CCCCC4C)cc3)c2C(=O)OC)C1. The van der Waals surface area contributed by atoms with Crippen molar-refractivity contribution in [2.24, 2.45) is 0 Å². The molecule has 4 rings (SSSR count). The van der Waals surface area contributed by atoms with Gasteiger partial charge in [-0.3, -0.25) is 9.69 Å². The normalized spacial score (nSPS) is 19.4. The lowest BCUT2D eigenvalue weighted by Crippen LogP contribution is -2.41. The summed E-state index contributed by atoms with van der Waals surface area (Å²) in [4.78, 5) is 29.0. The number of hydrogen-bond acceptors (Lipinski definition) is 7. The highest BCUT2D eigenvalue weighted by atomic mass is 32.2. The van der Waals surface area contributed by atoms with Gasteiger partial charge in [0.2, 0.25) is 10.0 Å². The predicted molar refractivity (Wildman–Crippen MR) is 132 cm³/mol. The van der Waals surface area contributed by atoms with Crippen molar-refractivity contribution in [2.45, 2.75) is 57.0 Å². The highest BCUT2D eigenvalue weighted by Gasteiger charge is 2.32. The van der Waals surface area contributed by atoms with E-state index >= 15 is 0 Å². The van der Waals surface area contributed by atoms with E-state index in [1.807, 2.05) is 6.92 Å². The van der Waals surface area contributed by atoms with E-state index in [1.165, 1.54) is 42.7 Å². The van der Waals surface area contributed by atoms with Crippen LogP contribution in [0.1, 0.15) is 64.3 Å². The number of ether oxygens (including phenoxy) is 1. The van der Waals surface area contributed by atoms with Crippen LogP contribution in [0, 0.1) is 0 Å². The van der Waals surface area contributed by atoms with Gasteiger partial charge in [-0.2, -0.15) is 4.31 Å². The van der Waals surface area contributed by atoms with E-state index in [4.69, 9.17) is 4.74 Å². The van der Waals surface area contributed by atoms with Crippen LogP contribution in [0.2, 0.25) is 0 Å². The molecule has 0 bridgehead atoms. The summed E-state index contributed by atoms with van der Waals surface area (Å²) in [5.74, 6) is -0.860. The molecule has 184 valence electrons. The number of benzene rings is 1. The molecule has 1 N–H and O–H groups in total. The van der Waals surface area contributed by atoms with Crippen molar-refractivity contribution in [3.05, 3.63) is 45.8 Å². The summed E-state index contributed by atoms with van der Waals surface area (Å²) < 4.78 is 32.7. The summed E-state index contributed by atoms with van der Waals surface area (Å²) in [5.41, 5.74) is 1.68. The molecule has 1 saturated heterocycles. The van der Waals surface area contributed by atoms with E-state index in [0.717, 1.165) is 55.8 Å². The van der Waals surface area contributed by atoms with Gasteiger partial charge in [-0.25, -0.2) is 13.2 Å². The number of hydrogen-bond donors (Lipinski definition) is 1. The first-order valence-electron chi connectivity index (χ1n) is 11.6. The number of piperidine rings is 1. The third-order valence-electron chi connectivity index (χ3n) is 6.66. The minimum Gasteiger partial charge on any atom is -0.465 e. The van der Waals surface area contributed by atoms with Gasteiger partial charge in [0.1, 0.15) is 5.00 Å². The zero-order valence-corrected chi connectivity index (χ0v) is 21.4. The van der Waals surface area contributed by atoms with Gasteiger partial charge in [-0.05, 0) is 62.6 Å². The summed E-state index contributed by atoms with van der Waals surface area (Å²) in [5, 5.41) is 3.33. The number of carbonyl (C=O) groups is 2. The summed E-state index contributed by atoms with van der Waals surface area (Å²) in [6.07, 6.45) is 3.46. The number of thiophene rings is 1. The average molecular weight is 506 g/mol. The number of sulfonamides is 1. The second kappa shape index (κ2) is 10.2. The molecule has 10 heteroatoms. The van der Waals surface area contributed by atoms with Gasteiger partial charge in [-0.15, -0.1) is 11.3 Å². The lowest BCUT2D eigenvalue weighted by atomic mass is 10.0. The second-order valence-corrected chi connectivity index (χ2v) is 11.8. The van der Waals surface area contributed by atoms with Gasteiger partial charge in [0, 0.05) is 36.1 Å². The quantitative estimate of drug-likeness (QED) is 0.601. The van der Waals surface area contributed by atoms with E-state index in [9.17, 15) is 18.0 Å². The van der Waals surface area contributed by atoms with Gasteiger partial charge < -0.3 is 10.1 Å². The molecule has 8 nitrogen and oxygen atoms in total. The first-order valence-corrected chi connectivity index (χ1v) is 13.9.